The molecule has 2 heterocycles. The SMILES string of the molecule is CC(C)n1ccc2nc[nH]c(=O)c21. The summed E-state index contributed by atoms with van der Waals surface area (Å²) < 4.78 is 1.92. The van der Waals surface area contributed by atoms with Crippen molar-refractivity contribution in [2.45, 2.75) is 19.9 Å². The molecule has 4 heteroatoms. The number of nitrogens with one attached hydrogen (secondary N) is 1. The number of fused-ring (bicyclic) bond motifs is 1. The average Bonchev–Trinajstić information content (AvgIpc) is 2.49. The van der Waals surface area contributed by atoms with Gasteiger partial charge in [-0.3, -0.25) is 4.79 Å². The molecule has 0 radical (unpaired) electrons. The summed E-state index contributed by atoms with van der Waals surface area (Å²) in [7, 11) is 0. The van der Waals surface area contributed by atoms with Gasteiger partial charge in [-0.05, 0) is 19.9 Å². The average molecular weight is 177 g/mol. The van der Waals surface area contributed by atoms with Gasteiger partial charge in [0.2, 0.25) is 0 Å². The lowest BCUT2D eigenvalue weighted by Gasteiger charge is -2.07. The molecular weight excluding hydrogens is 166 g/mol. The third-order valence-electron chi connectivity index (χ3n) is 2.06. The summed E-state index contributed by atoms with van der Waals surface area (Å²) in [6.45, 7) is 4.07. The van der Waals surface area contributed by atoms with Crippen LogP contribution in [0.3, 0.4) is 0 Å². The molecule has 1 N–H and O–H groups in total. The smallest absolute Gasteiger partial charge is 0.275 e. The van der Waals surface area contributed by atoms with Gasteiger partial charge in [0.05, 0.1) is 11.8 Å². The molecule has 4 nitrogen and oxygen atoms in total. The molecule has 0 bridgehead atoms. The molecule has 13 heavy (non-hydrogen) atoms. The van der Waals surface area contributed by atoms with Gasteiger partial charge >= 0.3 is 0 Å². The van der Waals surface area contributed by atoms with Gasteiger partial charge in [0.25, 0.3) is 5.56 Å². The minimum atomic E-state index is -0.0799. The molecule has 2 aromatic heterocycles. The molecule has 0 amide bonds. The first-order valence-electron chi connectivity index (χ1n) is 4.24. The lowest BCUT2D eigenvalue weighted by molar-refractivity contribution is 0.620. The van der Waals surface area contributed by atoms with Gasteiger partial charge in [-0.1, -0.05) is 0 Å². The monoisotopic (exact) mass is 177 g/mol. The highest BCUT2D eigenvalue weighted by atomic mass is 16.1. The molecule has 0 atom stereocenters. The summed E-state index contributed by atoms with van der Waals surface area (Å²) >= 11 is 0. The zero-order valence-electron chi connectivity index (χ0n) is 7.61. The van der Waals surface area contributed by atoms with Crippen molar-refractivity contribution in [2.75, 3.05) is 0 Å². The fourth-order valence-electron chi connectivity index (χ4n) is 1.43. The maximum atomic E-state index is 11.4. The Kier molecular flexibility index (Phi) is 1.69. The first-order valence-corrected chi connectivity index (χ1v) is 4.24. The van der Waals surface area contributed by atoms with Crippen LogP contribution in [-0.4, -0.2) is 14.5 Å². The Hall–Kier alpha value is -1.58. The summed E-state index contributed by atoms with van der Waals surface area (Å²) in [5.41, 5.74) is 1.32. The van der Waals surface area contributed by atoms with E-state index in [1.807, 2.05) is 30.7 Å². The second-order valence-electron chi connectivity index (χ2n) is 3.28. The Bertz CT molecular complexity index is 481. The zero-order chi connectivity index (χ0) is 9.42. The molecule has 2 rings (SSSR count). The standard InChI is InChI=1S/C9H11N3O/c1-6(2)12-4-3-7-8(12)9(13)11-5-10-7/h3-6H,1-2H3,(H,10,11,13). The van der Waals surface area contributed by atoms with Crippen molar-refractivity contribution in [3.05, 3.63) is 28.9 Å². The molecule has 0 spiro atoms. The van der Waals surface area contributed by atoms with Crippen molar-refractivity contribution in [1.29, 1.82) is 0 Å². The predicted octanol–water partition coefficient (Wildman–Crippen LogP) is 1.31. The maximum Gasteiger partial charge on any atom is 0.275 e. The lowest BCUT2D eigenvalue weighted by Crippen LogP contribution is -2.12. The second-order valence-corrected chi connectivity index (χ2v) is 3.28. The van der Waals surface area contributed by atoms with Crippen molar-refractivity contribution in [2.24, 2.45) is 0 Å². The maximum absolute atomic E-state index is 11.4. The van der Waals surface area contributed by atoms with Gasteiger partial charge in [0, 0.05) is 12.2 Å². The Balaban J connectivity index is 2.87. The van der Waals surface area contributed by atoms with E-state index in [0.29, 0.717) is 5.52 Å². The van der Waals surface area contributed by atoms with Crippen LogP contribution in [0.5, 0.6) is 0 Å². The van der Waals surface area contributed by atoms with Crippen molar-refractivity contribution in [1.82, 2.24) is 14.5 Å². The molecule has 0 aliphatic rings. The van der Waals surface area contributed by atoms with Crippen LogP contribution in [0.4, 0.5) is 0 Å². The van der Waals surface area contributed by atoms with E-state index in [0.717, 1.165) is 5.52 Å². The van der Waals surface area contributed by atoms with Gasteiger partial charge in [-0.25, -0.2) is 4.98 Å². The molecule has 0 saturated carbocycles. The fourth-order valence-corrected chi connectivity index (χ4v) is 1.43. The lowest BCUT2D eigenvalue weighted by atomic mass is 10.4. The van der Waals surface area contributed by atoms with E-state index in [4.69, 9.17) is 0 Å². The predicted molar refractivity (Wildman–Crippen MR) is 50.7 cm³/mol. The number of hydrogen-bond acceptors (Lipinski definition) is 2. The highest BCUT2D eigenvalue weighted by molar-refractivity contribution is 5.74. The van der Waals surface area contributed by atoms with Crippen molar-refractivity contribution in [3.8, 4) is 0 Å². The van der Waals surface area contributed by atoms with Crippen LogP contribution in [-0.2, 0) is 0 Å². The Morgan fingerprint density at radius 3 is 3.00 bits per heavy atom. The number of rotatable bonds is 1. The van der Waals surface area contributed by atoms with E-state index in [1.165, 1.54) is 6.33 Å². The van der Waals surface area contributed by atoms with Gasteiger partial charge < -0.3 is 9.55 Å². The van der Waals surface area contributed by atoms with Crippen molar-refractivity contribution in [3.63, 3.8) is 0 Å². The van der Waals surface area contributed by atoms with Crippen LogP contribution in [0.15, 0.2) is 23.4 Å². The minimum Gasteiger partial charge on any atom is -0.339 e. The largest absolute Gasteiger partial charge is 0.339 e. The number of aromatic nitrogens is 3. The van der Waals surface area contributed by atoms with Crippen LogP contribution < -0.4 is 5.56 Å². The third-order valence-corrected chi connectivity index (χ3v) is 2.06. The van der Waals surface area contributed by atoms with E-state index in [-0.39, 0.29) is 11.6 Å². The van der Waals surface area contributed by atoms with Crippen LogP contribution in [0.25, 0.3) is 11.0 Å². The number of H-pyrrole nitrogens is 1. The molecule has 2 aromatic rings. The summed E-state index contributed by atoms with van der Waals surface area (Å²) in [6.07, 6.45) is 3.31. The summed E-state index contributed by atoms with van der Waals surface area (Å²) in [4.78, 5) is 18.1. The normalized spacial score (nSPS) is 11.3. The summed E-state index contributed by atoms with van der Waals surface area (Å²) in [5, 5.41) is 0. The Morgan fingerprint density at radius 2 is 2.31 bits per heavy atom. The van der Waals surface area contributed by atoms with E-state index in [9.17, 15) is 4.79 Å². The molecule has 0 fully saturated rings. The fraction of sp³-hybridized carbons (Fsp3) is 0.333. The molecular formula is C9H11N3O. The van der Waals surface area contributed by atoms with E-state index >= 15 is 0 Å². The van der Waals surface area contributed by atoms with Gasteiger partial charge in [-0.15, -0.1) is 0 Å². The minimum absolute atomic E-state index is 0.0799. The highest BCUT2D eigenvalue weighted by Crippen LogP contribution is 2.13. The second kappa shape index (κ2) is 2.73. The molecule has 0 aliphatic heterocycles. The number of hydrogen-bond donors (Lipinski definition) is 1. The molecule has 0 unspecified atom stereocenters. The van der Waals surface area contributed by atoms with E-state index < -0.39 is 0 Å². The number of aromatic amines is 1. The quantitative estimate of drug-likeness (QED) is 0.713. The van der Waals surface area contributed by atoms with Crippen LogP contribution in [0.2, 0.25) is 0 Å². The van der Waals surface area contributed by atoms with Gasteiger partial charge in [0.15, 0.2) is 0 Å². The van der Waals surface area contributed by atoms with Crippen LogP contribution in [0.1, 0.15) is 19.9 Å². The number of nitrogens with zero attached hydrogens (tertiary/aromatic N) is 2. The van der Waals surface area contributed by atoms with Crippen molar-refractivity contribution < 1.29 is 0 Å². The molecule has 68 valence electrons. The zero-order valence-corrected chi connectivity index (χ0v) is 7.61. The topological polar surface area (TPSA) is 50.7 Å². The third kappa shape index (κ3) is 1.14. The van der Waals surface area contributed by atoms with Gasteiger partial charge in [0.1, 0.15) is 5.52 Å². The molecule has 0 aliphatic carbocycles. The van der Waals surface area contributed by atoms with Crippen LogP contribution in [0, 0.1) is 0 Å². The molecule has 0 aromatic carbocycles. The summed E-state index contributed by atoms with van der Waals surface area (Å²) in [5.74, 6) is 0. The first kappa shape index (κ1) is 8.04. The van der Waals surface area contributed by atoms with Crippen molar-refractivity contribution >= 4 is 11.0 Å². The highest BCUT2D eigenvalue weighted by Gasteiger charge is 2.07. The van der Waals surface area contributed by atoms with Crippen LogP contribution >= 0.6 is 0 Å². The van der Waals surface area contributed by atoms with Gasteiger partial charge in [-0.2, -0.15) is 0 Å². The Morgan fingerprint density at radius 1 is 1.54 bits per heavy atom. The van der Waals surface area contributed by atoms with E-state index in [1.54, 1.807) is 0 Å². The van der Waals surface area contributed by atoms with E-state index in [2.05, 4.69) is 9.97 Å². The summed E-state index contributed by atoms with van der Waals surface area (Å²) in [6, 6.07) is 2.13. The Labute approximate surface area is 75.2 Å². The molecule has 0 saturated heterocycles. The first-order chi connectivity index (χ1) is 6.20.